The van der Waals surface area contributed by atoms with Crippen molar-refractivity contribution < 1.29 is 9.59 Å². The third-order valence-corrected chi connectivity index (χ3v) is 6.60. The van der Waals surface area contributed by atoms with Crippen LogP contribution < -0.4 is 10.6 Å². The van der Waals surface area contributed by atoms with Crippen LogP contribution in [0.4, 0.5) is 5.69 Å². The SMILES string of the molecule is Cc1ccc(C(=O)N[C@H](C)c2nnc(SCC(=O)Nc3ccc(Br)c(C)c3)n2C)cc1. The first-order chi connectivity index (χ1) is 14.7. The Morgan fingerprint density at radius 2 is 1.84 bits per heavy atom. The Morgan fingerprint density at radius 1 is 1.13 bits per heavy atom. The summed E-state index contributed by atoms with van der Waals surface area (Å²) in [6.45, 7) is 5.80. The zero-order valence-electron chi connectivity index (χ0n) is 17.8. The molecular formula is C22H24BrN5O2S. The Hall–Kier alpha value is -2.65. The largest absolute Gasteiger partial charge is 0.342 e. The van der Waals surface area contributed by atoms with Gasteiger partial charge >= 0.3 is 0 Å². The number of aromatic nitrogens is 3. The van der Waals surface area contributed by atoms with Crippen LogP contribution in [0.1, 0.15) is 40.3 Å². The van der Waals surface area contributed by atoms with Crippen molar-refractivity contribution in [2.45, 2.75) is 32.0 Å². The van der Waals surface area contributed by atoms with E-state index in [1.54, 1.807) is 16.7 Å². The van der Waals surface area contributed by atoms with Gasteiger partial charge in [0.15, 0.2) is 11.0 Å². The van der Waals surface area contributed by atoms with Crippen LogP contribution in [0.5, 0.6) is 0 Å². The van der Waals surface area contributed by atoms with Crippen LogP contribution in [-0.2, 0) is 11.8 Å². The maximum Gasteiger partial charge on any atom is 0.251 e. The first-order valence-corrected chi connectivity index (χ1v) is 11.5. The lowest BCUT2D eigenvalue weighted by molar-refractivity contribution is -0.113. The molecule has 0 unspecified atom stereocenters. The second-order valence-corrected chi connectivity index (χ2v) is 9.06. The zero-order chi connectivity index (χ0) is 22.5. The van der Waals surface area contributed by atoms with E-state index in [2.05, 4.69) is 36.8 Å². The Labute approximate surface area is 194 Å². The van der Waals surface area contributed by atoms with Crippen LogP contribution in [0.2, 0.25) is 0 Å². The number of benzene rings is 2. The maximum atomic E-state index is 12.5. The molecule has 0 aliphatic heterocycles. The first-order valence-electron chi connectivity index (χ1n) is 9.70. The standard InChI is InChI=1S/C22H24BrN5O2S/c1-13-5-7-16(8-6-13)21(30)24-15(3)20-26-27-22(28(20)4)31-12-19(29)25-17-9-10-18(23)14(2)11-17/h5-11,15H,12H2,1-4H3,(H,24,30)(H,25,29)/t15-/m1/s1. The predicted molar refractivity (Wildman–Crippen MR) is 126 cm³/mol. The van der Waals surface area contributed by atoms with Crippen LogP contribution in [0, 0.1) is 13.8 Å². The summed E-state index contributed by atoms with van der Waals surface area (Å²) in [5, 5.41) is 14.8. The number of thioether (sulfide) groups is 1. The van der Waals surface area contributed by atoms with Crippen molar-refractivity contribution in [3.8, 4) is 0 Å². The summed E-state index contributed by atoms with van der Waals surface area (Å²) in [6, 6.07) is 12.7. The lowest BCUT2D eigenvalue weighted by atomic mass is 10.1. The van der Waals surface area contributed by atoms with E-state index >= 15 is 0 Å². The summed E-state index contributed by atoms with van der Waals surface area (Å²) in [4.78, 5) is 24.8. The molecule has 0 spiro atoms. The quantitative estimate of drug-likeness (QED) is 0.467. The third-order valence-electron chi connectivity index (χ3n) is 4.69. The molecule has 0 fully saturated rings. The molecule has 31 heavy (non-hydrogen) atoms. The van der Waals surface area contributed by atoms with Gasteiger partial charge in [-0.25, -0.2) is 0 Å². The minimum absolute atomic E-state index is 0.128. The molecule has 2 amide bonds. The lowest BCUT2D eigenvalue weighted by Gasteiger charge is -2.14. The van der Waals surface area contributed by atoms with Crippen molar-refractivity contribution in [3.63, 3.8) is 0 Å². The molecule has 3 rings (SSSR count). The van der Waals surface area contributed by atoms with Gasteiger partial charge in [0.2, 0.25) is 5.91 Å². The van der Waals surface area contributed by atoms with Gasteiger partial charge in [0.1, 0.15) is 0 Å². The van der Waals surface area contributed by atoms with Gasteiger partial charge in [-0.15, -0.1) is 10.2 Å². The molecule has 162 valence electrons. The smallest absolute Gasteiger partial charge is 0.251 e. The van der Waals surface area contributed by atoms with Crippen molar-refractivity contribution in [3.05, 3.63) is 69.5 Å². The van der Waals surface area contributed by atoms with E-state index in [-0.39, 0.29) is 23.6 Å². The van der Waals surface area contributed by atoms with Gasteiger partial charge < -0.3 is 15.2 Å². The number of amides is 2. The highest BCUT2D eigenvalue weighted by atomic mass is 79.9. The molecule has 9 heteroatoms. The molecule has 2 aromatic carbocycles. The number of anilines is 1. The molecule has 0 aliphatic rings. The normalized spacial score (nSPS) is 11.8. The summed E-state index contributed by atoms with van der Waals surface area (Å²) in [6.07, 6.45) is 0. The van der Waals surface area contributed by atoms with Crippen molar-refractivity contribution in [1.29, 1.82) is 0 Å². The molecular weight excluding hydrogens is 478 g/mol. The highest BCUT2D eigenvalue weighted by Crippen LogP contribution is 2.22. The summed E-state index contributed by atoms with van der Waals surface area (Å²) in [5.41, 5.74) is 3.48. The lowest BCUT2D eigenvalue weighted by Crippen LogP contribution is -2.28. The molecule has 1 atom stereocenters. The maximum absolute atomic E-state index is 12.5. The second kappa shape index (κ2) is 10.1. The number of carbonyl (C=O) groups excluding carboxylic acids is 2. The minimum Gasteiger partial charge on any atom is -0.342 e. The highest BCUT2D eigenvalue weighted by Gasteiger charge is 2.19. The molecule has 0 aliphatic carbocycles. The van der Waals surface area contributed by atoms with E-state index < -0.39 is 0 Å². The number of rotatable bonds is 7. The van der Waals surface area contributed by atoms with E-state index in [4.69, 9.17) is 0 Å². The van der Waals surface area contributed by atoms with E-state index in [1.807, 2.05) is 58.2 Å². The number of hydrogen-bond donors (Lipinski definition) is 2. The third kappa shape index (κ3) is 5.95. The van der Waals surface area contributed by atoms with E-state index in [0.717, 1.165) is 21.3 Å². The highest BCUT2D eigenvalue weighted by molar-refractivity contribution is 9.10. The molecule has 1 heterocycles. The number of nitrogens with zero attached hydrogens (tertiary/aromatic N) is 3. The van der Waals surface area contributed by atoms with Gasteiger partial charge in [-0.3, -0.25) is 9.59 Å². The molecule has 0 bridgehead atoms. The fraction of sp³-hybridized carbons (Fsp3) is 0.273. The number of nitrogens with one attached hydrogen (secondary N) is 2. The van der Waals surface area contributed by atoms with E-state index in [0.29, 0.717) is 16.5 Å². The predicted octanol–water partition coefficient (Wildman–Crippen LogP) is 4.42. The Bertz CT molecular complexity index is 1100. The van der Waals surface area contributed by atoms with Gasteiger partial charge in [-0.05, 0) is 56.7 Å². The summed E-state index contributed by atoms with van der Waals surface area (Å²) in [5.74, 6) is 0.517. The summed E-state index contributed by atoms with van der Waals surface area (Å²) < 4.78 is 2.79. The van der Waals surface area contributed by atoms with Gasteiger partial charge in [-0.1, -0.05) is 45.4 Å². The van der Waals surface area contributed by atoms with Crippen LogP contribution in [-0.4, -0.2) is 32.3 Å². The minimum atomic E-state index is -0.333. The first kappa shape index (κ1) is 23.0. The summed E-state index contributed by atoms with van der Waals surface area (Å²) >= 11 is 4.74. The van der Waals surface area contributed by atoms with Crippen LogP contribution in [0.15, 0.2) is 52.1 Å². The van der Waals surface area contributed by atoms with Gasteiger partial charge in [0.25, 0.3) is 5.91 Å². The number of halogens is 1. The van der Waals surface area contributed by atoms with Gasteiger partial charge in [-0.2, -0.15) is 0 Å². The fourth-order valence-electron chi connectivity index (χ4n) is 2.93. The molecule has 2 N–H and O–H groups in total. The second-order valence-electron chi connectivity index (χ2n) is 7.26. The Kier molecular flexibility index (Phi) is 7.50. The van der Waals surface area contributed by atoms with E-state index in [9.17, 15) is 9.59 Å². The monoisotopic (exact) mass is 501 g/mol. The topological polar surface area (TPSA) is 88.9 Å². The molecule has 7 nitrogen and oxygen atoms in total. The van der Waals surface area contributed by atoms with Crippen molar-refractivity contribution in [2.24, 2.45) is 7.05 Å². The average Bonchev–Trinajstić information content (AvgIpc) is 3.10. The average molecular weight is 502 g/mol. The zero-order valence-corrected chi connectivity index (χ0v) is 20.2. The Morgan fingerprint density at radius 3 is 2.52 bits per heavy atom. The molecule has 3 aromatic rings. The van der Waals surface area contributed by atoms with Crippen molar-refractivity contribution in [1.82, 2.24) is 20.1 Å². The fourth-order valence-corrected chi connectivity index (χ4v) is 3.89. The molecule has 0 saturated heterocycles. The van der Waals surface area contributed by atoms with Crippen LogP contribution in [0.25, 0.3) is 0 Å². The molecule has 1 aromatic heterocycles. The number of carbonyl (C=O) groups is 2. The number of hydrogen-bond acceptors (Lipinski definition) is 5. The van der Waals surface area contributed by atoms with Gasteiger partial charge in [0.05, 0.1) is 11.8 Å². The number of aryl methyl sites for hydroxylation is 2. The van der Waals surface area contributed by atoms with Crippen molar-refractivity contribution >= 4 is 45.2 Å². The summed E-state index contributed by atoms with van der Waals surface area (Å²) in [7, 11) is 1.82. The van der Waals surface area contributed by atoms with Crippen LogP contribution >= 0.6 is 27.7 Å². The van der Waals surface area contributed by atoms with Gasteiger partial charge in [0, 0.05) is 22.8 Å². The Balaban J connectivity index is 1.57. The van der Waals surface area contributed by atoms with Crippen LogP contribution in [0.3, 0.4) is 0 Å². The van der Waals surface area contributed by atoms with Crippen molar-refractivity contribution in [2.75, 3.05) is 11.1 Å². The molecule has 0 saturated carbocycles. The molecule has 0 radical (unpaired) electrons. The van der Waals surface area contributed by atoms with E-state index in [1.165, 1.54) is 11.8 Å².